The van der Waals surface area contributed by atoms with E-state index in [-0.39, 0.29) is 23.8 Å². The molecule has 0 amide bonds. The van der Waals surface area contributed by atoms with Gasteiger partial charge in [0.25, 0.3) is 0 Å². The molecule has 25 heavy (non-hydrogen) atoms. The largest absolute Gasteiger partial charge is 0.462 e. The van der Waals surface area contributed by atoms with E-state index in [0.29, 0.717) is 16.2 Å². The molecule has 0 bridgehead atoms. The van der Waals surface area contributed by atoms with Crippen molar-refractivity contribution in [2.75, 3.05) is 32.0 Å². The van der Waals surface area contributed by atoms with Gasteiger partial charge in [-0.25, -0.2) is 9.59 Å². The minimum absolute atomic E-state index is 0.238. The van der Waals surface area contributed by atoms with Crippen molar-refractivity contribution < 1.29 is 19.1 Å². The zero-order valence-electron chi connectivity index (χ0n) is 14.3. The van der Waals surface area contributed by atoms with Crippen LogP contribution in [0.2, 0.25) is 0 Å². The highest BCUT2D eigenvalue weighted by Crippen LogP contribution is 2.35. The first-order valence-electron chi connectivity index (χ1n) is 8.16. The third kappa shape index (κ3) is 4.86. The van der Waals surface area contributed by atoms with E-state index >= 15 is 0 Å². The summed E-state index contributed by atoms with van der Waals surface area (Å²) in [5.41, 5.74) is 6.80. The number of nitrogen functional groups attached to an aromatic ring is 1. The van der Waals surface area contributed by atoms with Crippen LogP contribution in [0.3, 0.4) is 0 Å². The van der Waals surface area contributed by atoms with Gasteiger partial charge in [-0.15, -0.1) is 11.3 Å². The Morgan fingerprint density at radius 1 is 1.20 bits per heavy atom. The quantitative estimate of drug-likeness (QED) is 0.573. The van der Waals surface area contributed by atoms with Gasteiger partial charge in [-0.2, -0.15) is 0 Å². The lowest BCUT2D eigenvalue weighted by molar-refractivity contribution is 0.0527. The van der Waals surface area contributed by atoms with Gasteiger partial charge in [-0.3, -0.25) is 0 Å². The predicted molar refractivity (Wildman–Crippen MR) is 105 cm³/mol. The van der Waals surface area contributed by atoms with E-state index in [1.54, 1.807) is 13.8 Å². The smallest absolute Gasteiger partial charge is 0.348 e. The Hall–Kier alpha value is -1.32. The molecule has 1 aliphatic heterocycles. The predicted octanol–water partition coefficient (Wildman–Crippen LogP) is 3.30. The van der Waals surface area contributed by atoms with Crippen LogP contribution in [0.15, 0.2) is 0 Å². The van der Waals surface area contributed by atoms with E-state index in [9.17, 15) is 9.59 Å². The minimum atomic E-state index is -0.519. The Kier molecular flexibility index (Phi) is 7.52. The monoisotopic (exact) mass is 402 g/mol. The molecule has 0 spiro atoms. The molecular formula is C16H22N2O4S3. The van der Waals surface area contributed by atoms with Gasteiger partial charge in [0, 0.05) is 24.4 Å². The number of thiophene rings is 1. The molecule has 9 heteroatoms. The maximum absolute atomic E-state index is 12.3. The summed E-state index contributed by atoms with van der Waals surface area (Å²) >= 11 is 7.96. The van der Waals surface area contributed by atoms with E-state index in [0.717, 1.165) is 41.6 Å². The lowest BCUT2D eigenvalue weighted by Gasteiger charge is -2.17. The average Bonchev–Trinajstić information content (AvgIpc) is 3.21. The molecule has 0 unspecified atom stereocenters. The normalized spacial score (nSPS) is 13.8. The van der Waals surface area contributed by atoms with Crippen LogP contribution >= 0.6 is 35.3 Å². The number of hydrogen-bond donors (Lipinski definition) is 1. The number of nitrogens with zero attached hydrogens (tertiary/aromatic N) is 1. The number of anilines is 1. The van der Waals surface area contributed by atoms with Crippen molar-refractivity contribution in [3.8, 4) is 0 Å². The molecule has 138 valence electrons. The highest BCUT2D eigenvalue weighted by Gasteiger charge is 2.28. The molecule has 6 nitrogen and oxygen atoms in total. The van der Waals surface area contributed by atoms with Crippen LogP contribution in [0, 0.1) is 0 Å². The number of rotatable bonds is 6. The van der Waals surface area contributed by atoms with Crippen molar-refractivity contribution in [3.05, 3.63) is 16.0 Å². The highest BCUT2D eigenvalue weighted by atomic mass is 32.2. The number of likely N-dealkylation sites (tertiary alicyclic amines) is 1. The number of carbonyl (C=O) groups excluding carboxylic acids is 2. The van der Waals surface area contributed by atoms with Crippen molar-refractivity contribution in [2.24, 2.45) is 0 Å². The van der Waals surface area contributed by atoms with Crippen LogP contribution in [0.5, 0.6) is 0 Å². The van der Waals surface area contributed by atoms with Gasteiger partial charge >= 0.3 is 11.9 Å². The first kappa shape index (κ1) is 20.0. The summed E-state index contributed by atoms with van der Waals surface area (Å²) in [6.07, 6.45) is 2.27. The van der Waals surface area contributed by atoms with Crippen molar-refractivity contribution in [3.63, 3.8) is 0 Å². The Balaban J connectivity index is 2.25. The molecule has 1 aromatic rings. The molecule has 0 aromatic carbocycles. The Bertz CT molecular complexity index is 654. The van der Waals surface area contributed by atoms with Gasteiger partial charge in [0.1, 0.15) is 14.2 Å². The summed E-state index contributed by atoms with van der Waals surface area (Å²) in [5, 5.41) is 0.268. The maximum atomic E-state index is 12.3. The van der Waals surface area contributed by atoms with Gasteiger partial charge < -0.3 is 20.1 Å². The number of thiocarbonyl (C=S) groups is 1. The summed E-state index contributed by atoms with van der Waals surface area (Å²) < 4.78 is 11.0. The van der Waals surface area contributed by atoms with Gasteiger partial charge in [-0.05, 0) is 26.7 Å². The molecule has 2 N–H and O–H groups in total. The number of thioether (sulfide) groups is 1. The van der Waals surface area contributed by atoms with E-state index in [2.05, 4.69) is 4.90 Å². The van der Waals surface area contributed by atoms with Crippen molar-refractivity contribution >= 4 is 56.6 Å². The fourth-order valence-electron chi connectivity index (χ4n) is 2.54. The van der Waals surface area contributed by atoms with Crippen LogP contribution < -0.4 is 5.73 Å². The first-order valence-corrected chi connectivity index (χ1v) is 10.4. The average molecular weight is 403 g/mol. The Labute approximate surface area is 161 Å². The molecule has 0 atom stereocenters. The molecule has 1 aliphatic rings. The molecule has 2 heterocycles. The number of ether oxygens (including phenoxy) is 2. The zero-order valence-corrected chi connectivity index (χ0v) is 16.8. The third-order valence-corrected chi connectivity index (χ3v) is 6.27. The summed E-state index contributed by atoms with van der Waals surface area (Å²) in [6, 6.07) is 0. The number of carbonyl (C=O) groups is 2. The topological polar surface area (TPSA) is 81.9 Å². The van der Waals surface area contributed by atoms with Crippen molar-refractivity contribution in [2.45, 2.75) is 32.4 Å². The third-order valence-electron chi connectivity index (χ3n) is 3.68. The van der Waals surface area contributed by atoms with Crippen LogP contribution in [0.4, 0.5) is 5.00 Å². The SMILES string of the molecule is CCOC(=O)c1sc(N)c(C(=O)OCC)c1CSC(=S)N1CCCC1. The van der Waals surface area contributed by atoms with Crippen LogP contribution in [0.25, 0.3) is 0 Å². The molecule has 1 saturated heterocycles. The number of esters is 2. The molecule has 1 fully saturated rings. The highest BCUT2D eigenvalue weighted by molar-refractivity contribution is 8.22. The number of hydrogen-bond acceptors (Lipinski definition) is 8. The van der Waals surface area contributed by atoms with Crippen LogP contribution in [-0.4, -0.2) is 47.5 Å². The molecule has 0 radical (unpaired) electrons. The molecule has 1 aromatic heterocycles. The second-order valence-corrected chi connectivity index (χ2v) is 8.00. The van der Waals surface area contributed by atoms with Crippen molar-refractivity contribution in [1.29, 1.82) is 0 Å². The molecule has 0 aliphatic carbocycles. The Morgan fingerprint density at radius 2 is 1.80 bits per heavy atom. The molecule has 0 saturated carbocycles. The fraction of sp³-hybridized carbons (Fsp3) is 0.562. The molecule has 2 rings (SSSR count). The van der Waals surface area contributed by atoms with Crippen LogP contribution in [-0.2, 0) is 15.2 Å². The second-order valence-electron chi connectivity index (χ2n) is 5.34. The van der Waals surface area contributed by atoms with E-state index in [1.165, 1.54) is 11.8 Å². The van der Waals surface area contributed by atoms with Gasteiger partial charge in [0.05, 0.1) is 18.8 Å². The summed E-state index contributed by atoms with van der Waals surface area (Å²) in [4.78, 5) is 27.0. The van der Waals surface area contributed by atoms with Gasteiger partial charge in [0.2, 0.25) is 0 Å². The minimum Gasteiger partial charge on any atom is -0.462 e. The van der Waals surface area contributed by atoms with Crippen molar-refractivity contribution in [1.82, 2.24) is 4.90 Å². The van der Waals surface area contributed by atoms with E-state index in [1.807, 2.05) is 0 Å². The van der Waals surface area contributed by atoms with Gasteiger partial charge in [-0.1, -0.05) is 24.0 Å². The lowest BCUT2D eigenvalue weighted by atomic mass is 10.1. The first-order chi connectivity index (χ1) is 12.0. The number of nitrogens with two attached hydrogens (primary N) is 1. The zero-order chi connectivity index (χ0) is 18.4. The standard InChI is InChI=1S/C16H22N2O4S3/c1-3-21-14(19)11-10(9-24-16(23)18-7-5-6-8-18)12(25-13(11)17)15(20)22-4-2/h3-9,17H2,1-2H3. The second kappa shape index (κ2) is 9.40. The fourth-order valence-corrected chi connectivity index (χ4v) is 4.88. The maximum Gasteiger partial charge on any atom is 0.348 e. The summed E-state index contributed by atoms with van der Waals surface area (Å²) in [6.45, 7) is 5.85. The molecular weight excluding hydrogens is 380 g/mol. The van der Waals surface area contributed by atoms with Gasteiger partial charge in [0.15, 0.2) is 0 Å². The van der Waals surface area contributed by atoms with E-state index < -0.39 is 11.9 Å². The summed E-state index contributed by atoms with van der Waals surface area (Å²) in [5.74, 6) is -0.613. The Morgan fingerprint density at radius 3 is 2.40 bits per heavy atom. The summed E-state index contributed by atoms with van der Waals surface area (Å²) in [7, 11) is 0. The van der Waals surface area contributed by atoms with Crippen LogP contribution in [0.1, 0.15) is 52.3 Å². The van der Waals surface area contributed by atoms with E-state index in [4.69, 9.17) is 27.4 Å². The lowest BCUT2D eigenvalue weighted by Crippen LogP contribution is -2.23.